The van der Waals surface area contributed by atoms with Crippen LogP contribution in [0.1, 0.15) is 31.9 Å². The monoisotopic (exact) mass is 364 g/mol. The van der Waals surface area contributed by atoms with Crippen LogP contribution >= 0.6 is 0 Å². The number of carbonyl (C=O) groups excluding carboxylic acids is 2. The summed E-state index contributed by atoms with van der Waals surface area (Å²) in [4.78, 5) is 24.5. The Morgan fingerprint density at radius 3 is 2.23 bits per heavy atom. The number of ether oxygens (including phenoxy) is 4. The van der Waals surface area contributed by atoms with Gasteiger partial charge in [-0.2, -0.15) is 0 Å². The number of urea groups is 1. The summed E-state index contributed by atoms with van der Waals surface area (Å²) < 4.78 is 21.3. The van der Waals surface area contributed by atoms with Crippen LogP contribution in [0.3, 0.4) is 0 Å². The Kier molecular flexibility index (Phi) is 6.32. The van der Waals surface area contributed by atoms with Gasteiger partial charge >= 0.3 is 12.0 Å². The molecule has 2 amide bonds. The van der Waals surface area contributed by atoms with Crippen LogP contribution in [-0.4, -0.2) is 39.9 Å². The molecule has 1 aliphatic heterocycles. The van der Waals surface area contributed by atoms with Gasteiger partial charge < -0.3 is 29.6 Å². The second-order valence-corrected chi connectivity index (χ2v) is 5.66. The highest BCUT2D eigenvalue weighted by atomic mass is 16.5. The third-order valence-corrected chi connectivity index (χ3v) is 3.95. The lowest BCUT2D eigenvalue weighted by Gasteiger charge is -2.29. The predicted molar refractivity (Wildman–Crippen MR) is 94.5 cm³/mol. The summed E-state index contributed by atoms with van der Waals surface area (Å²) in [6, 6.07) is 2.27. The first-order valence-electron chi connectivity index (χ1n) is 8.22. The van der Waals surface area contributed by atoms with Crippen LogP contribution < -0.4 is 24.8 Å². The predicted octanol–water partition coefficient (Wildman–Crippen LogP) is 2.29. The van der Waals surface area contributed by atoms with Crippen molar-refractivity contribution in [2.45, 2.75) is 26.3 Å². The Morgan fingerprint density at radius 1 is 1.12 bits per heavy atom. The highest BCUT2D eigenvalue weighted by molar-refractivity contribution is 5.95. The Labute approximate surface area is 152 Å². The van der Waals surface area contributed by atoms with Crippen molar-refractivity contribution in [2.24, 2.45) is 0 Å². The van der Waals surface area contributed by atoms with Crippen molar-refractivity contribution < 1.29 is 28.5 Å². The van der Waals surface area contributed by atoms with Gasteiger partial charge in [-0.25, -0.2) is 9.59 Å². The fraction of sp³-hybridized carbons (Fsp3) is 0.444. The molecule has 0 saturated heterocycles. The molecular formula is C18H24N2O6. The third kappa shape index (κ3) is 3.84. The highest BCUT2D eigenvalue weighted by Gasteiger charge is 2.33. The Hall–Kier alpha value is -2.90. The van der Waals surface area contributed by atoms with Gasteiger partial charge in [-0.1, -0.05) is 6.92 Å². The second kappa shape index (κ2) is 8.46. The van der Waals surface area contributed by atoms with Gasteiger partial charge in [0.15, 0.2) is 11.5 Å². The van der Waals surface area contributed by atoms with E-state index in [1.54, 1.807) is 19.1 Å². The summed E-state index contributed by atoms with van der Waals surface area (Å²) in [6.07, 6.45) is 0.701. The molecule has 26 heavy (non-hydrogen) atoms. The molecule has 2 N–H and O–H groups in total. The number of rotatable bonds is 7. The maximum Gasteiger partial charge on any atom is 0.338 e. The van der Waals surface area contributed by atoms with E-state index in [0.717, 1.165) is 0 Å². The van der Waals surface area contributed by atoms with E-state index >= 15 is 0 Å². The minimum atomic E-state index is -0.707. The smallest absolute Gasteiger partial charge is 0.338 e. The SMILES string of the molecule is CCCOC(=O)C1=C(C)NC(=O)N[C@@H]1c1cc(OC)c(OC)c(OC)c1. The average molecular weight is 364 g/mol. The molecule has 1 aromatic rings. The van der Waals surface area contributed by atoms with Crippen LogP contribution in [0, 0.1) is 0 Å². The zero-order chi connectivity index (χ0) is 19.3. The summed E-state index contributed by atoms with van der Waals surface area (Å²) in [5.74, 6) is 0.785. The molecule has 2 rings (SSSR count). The average Bonchev–Trinajstić information content (AvgIpc) is 2.64. The zero-order valence-corrected chi connectivity index (χ0v) is 15.6. The van der Waals surface area contributed by atoms with Crippen LogP contribution in [0.2, 0.25) is 0 Å². The van der Waals surface area contributed by atoms with Gasteiger partial charge in [0.25, 0.3) is 0 Å². The lowest BCUT2D eigenvalue weighted by atomic mass is 9.95. The Bertz CT molecular complexity index is 703. The van der Waals surface area contributed by atoms with E-state index in [-0.39, 0.29) is 0 Å². The molecule has 0 radical (unpaired) electrons. The van der Waals surface area contributed by atoms with E-state index in [2.05, 4.69) is 10.6 Å². The van der Waals surface area contributed by atoms with Gasteiger partial charge in [-0.15, -0.1) is 0 Å². The molecule has 8 nitrogen and oxygen atoms in total. The standard InChI is InChI=1S/C18H24N2O6/c1-6-7-26-17(21)14-10(2)19-18(22)20-15(14)11-8-12(23-3)16(25-5)13(9-11)24-4/h8-9,15H,6-7H2,1-5H3,(H2,19,20,22)/t15-/m1/s1. The molecule has 0 aliphatic carbocycles. The molecule has 142 valence electrons. The molecular weight excluding hydrogens is 340 g/mol. The van der Waals surface area contributed by atoms with Gasteiger partial charge in [-0.05, 0) is 31.0 Å². The lowest BCUT2D eigenvalue weighted by molar-refractivity contribution is -0.139. The summed E-state index contributed by atoms with van der Waals surface area (Å²) in [7, 11) is 4.50. The van der Waals surface area contributed by atoms with Gasteiger partial charge in [0, 0.05) is 5.70 Å². The number of esters is 1. The molecule has 0 bridgehead atoms. The number of hydrogen-bond donors (Lipinski definition) is 2. The summed E-state index contributed by atoms with van der Waals surface area (Å²) in [5.41, 5.74) is 1.37. The molecule has 1 atom stereocenters. The number of hydrogen-bond acceptors (Lipinski definition) is 6. The molecule has 1 heterocycles. The van der Waals surface area contributed by atoms with Crippen LogP contribution in [-0.2, 0) is 9.53 Å². The van der Waals surface area contributed by atoms with E-state index in [1.807, 2.05) is 6.92 Å². The number of methoxy groups -OCH3 is 3. The van der Waals surface area contributed by atoms with Gasteiger partial charge in [0.1, 0.15) is 0 Å². The maximum atomic E-state index is 12.5. The minimum Gasteiger partial charge on any atom is -0.493 e. The first-order chi connectivity index (χ1) is 12.5. The highest BCUT2D eigenvalue weighted by Crippen LogP contribution is 2.41. The van der Waals surface area contributed by atoms with Crippen LogP contribution in [0.4, 0.5) is 4.79 Å². The van der Waals surface area contributed by atoms with E-state index in [9.17, 15) is 9.59 Å². The lowest BCUT2D eigenvalue weighted by Crippen LogP contribution is -2.45. The topological polar surface area (TPSA) is 95.1 Å². The largest absolute Gasteiger partial charge is 0.493 e. The number of allylic oxidation sites excluding steroid dienone is 1. The van der Waals surface area contributed by atoms with Gasteiger partial charge in [0.2, 0.25) is 5.75 Å². The normalized spacial score (nSPS) is 16.5. The molecule has 0 spiro atoms. The van der Waals surface area contributed by atoms with Crippen LogP contribution in [0.25, 0.3) is 0 Å². The van der Waals surface area contributed by atoms with Crippen molar-refractivity contribution >= 4 is 12.0 Å². The van der Waals surface area contributed by atoms with Crippen molar-refractivity contribution in [2.75, 3.05) is 27.9 Å². The summed E-state index contributed by atoms with van der Waals surface area (Å²) >= 11 is 0. The maximum absolute atomic E-state index is 12.5. The first-order valence-corrected chi connectivity index (χ1v) is 8.22. The molecule has 0 saturated carbocycles. The van der Waals surface area contributed by atoms with Crippen LogP contribution in [0.5, 0.6) is 17.2 Å². The van der Waals surface area contributed by atoms with Crippen molar-refractivity contribution in [3.8, 4) is 17.2 Å². The van der Waals surface area contributed by atoms with Crippen molar-refractivity contribution in [1.82, 2.24) is 10.6 Å². The van der Waals surface area contributed by atoms with E-state index in [1.165, 1.54) is 21.3 Å². The summed E-state index contributed by atoms with van der Waals surface area (Å²) in [6.45, 7) is 3.86. The minimum absolute atomic E-state index is 0.297. The third-order valence-electron chi connectivity index (χ3n) is 3.95. The van der Waals surface area contributed by atoms with Crippen molar-refractivity contribution in [3.63, 3.8) is 0 Å². The number of amides is 2. The molecule has 0 fully saturated rings. The molecule has 8 heteroatoms. The zero-order valence-electron chi connectivity index (χ0n) is 15.6. The number of nitrogens with one attached hydrogen (secondary N) is 2. The Morgan fingerprint density at radius 2 is 1.73 bits per heavy atom. The van der Waals surface area contributed by atoms with E-state index in [4.69, 9.17) is 18.9 Å². The molecule has 1 aromatic carbocycles. The summed E-state index contributed by atoms with van der Waals surface area (Å²) in [5, 5.41) is 5.36. The first kappa shape index (κ1) is 19.4. The second-order valence-electron chi connectivity index (χ2n) is 5.66. The quantitative estimate of drug-likeness (QED) is 0.721. The van der Waals surface area contributed by atoms with Gasteiger partial charge in [0.05, 0.1) is 39.6 Å². The van der Waals surface area contributed by atoms with Crippen molar-refractivity contribution in [3.05, 3.63) is 29.0 Å². The number of benzene rings is 1. The van der Waals surface area contributed by atoms with Gasteiger partial charge in [-0.3, -0.25) is 0 Å². The fourth-order valence-electron chi connectivity index (χ4n) is 2.75. The van der Waals surface area contributed by atoms with Crippen LogP contribution in [0.15, 0.2) is 23.4 Å². The number of carbonyl (C=O) groups is 2. The fourth-order valence-corrected chi connectivity index (χ4v) is 2.75. The Balaban J connectivity index is 2.54. The van der Waals surface area contributed by atoms with Crippen molar-refractivity contribution in [1.29, 1.82) is 0 Å². The van der Waals surface area contributed by atoms with E-state index < -0.39 is 18.0 Å². The molecule has 0 aromatic heterocycles. The van der Waals surface area contributed by atoms with E-state index in [0.29, 0.717) is 47.1 Å². The molecule has 0 unspecified atom stereocenters. The molecule has 1 aliphatic rings.